The number of thiophene rings is 1. The molecule has 2 aliphatic rings. The van der Waals surface area contributed by atoms with E-state index in [9.17, 15) is 14.4 Å². The summed E-state index contributed by atoms with van der Waals surface area (Å²) in [5.41, 5.74) is 7.52. The Morgan fingerprint density at radius 2 is 1.93 bits per heavy atom. The Labute approximate surface area is 179 Å². The number of carbonyl (C=O) groups excluding carboxylic acids is 3. The summed E-state index contributed by atoms with van der Waals surface area (Å²) in [6.45, 7) is -0.0564. The zero-order valence-electron chi connectivity index (χ0n) is 16.9. The molecule has 4 rings (SSSR count). The van der Waals surface area contributed by atoms with E-state index in [2.05, 4.69) is 10.3 Å². The Morgan fingerprint density at radius 3 is 2.63 bits per heavy atom. The van der Waals surface area contributed by atoms with Crippen LogP contribution in [-0.2, 0) is 17.6 Å². The molecule has 0 aliphatic heterocycles. The maximum atomic E-state index is 13.1. The van der Waals surface area contributed by atoms with Crippen molar-refractivity contribution >= 4 is 34.1 Å². The Bertz CT molecular complexity index is 951. The van der Waals surface area contributed by atoms with Gasteiger partial charge in [0.05, 0.1) is 11.1 Å². The smallest absolute Gasteiger partial charge is 0.256 e. The fraction of sp³-hybridized carbons (Fsp3) is 0.455. The number of fused-ring (bicyclic) bond motifs is 1. The van der Waals surface area contributed by atoms with Crippen LogP contribution in [0.15, 0.2) is 24.5 Å². The van der Waals surface area contributed by atoms with E-state index in [4.69, 9.17) is 5.73 Å². The Morgan fingerprint density at radius 1 is 1.17 bits per heavy atom. The van der Waals surface area contributed by atoms with Crippen molar-refractivity contribution in [1.82, 2.24) is 9.88 Å². The highest BCUT2D eigenvalue weighted by Crippen LogP contribution is 2.38. The molecular weight excluding hydrogens is 400 g/mol. The van der Waals surface area contributed by atoms with Gasteiger partial charge >= 0.3 is 0 Å². The van der Waals surface area contributed by atoms with E-state index in [1.54, 1.807) is 23.2 Å². The molecule has 2 aromatic heterocycles. The molecule has 2 heterocycles. The molecule has 30 heavy (non-hydrogen) atoms. The third-order valence-corrected chi connectivity index (χ3v) is 7.13. The van der Waals surface area contributed by atoms with Crippen LogP contribution in [0.1, 0.15) is 69.7 Å². The quantitative estimate of drug-likeness (QED) is 0.740. The van der Waals surface area contributed by atoms with Gasteiger partial charge in [0.1, 0.15) is 11.5 Å². The maximum absolute atomic E-state index is 13.1. The number of rotatable bonds is 6. The van der Waals surface area contributed by atoms with Crippen molar-refractivity contribution in [3.05, 3.63) is 46.1 Å². The van der Waals surface area contributed by atoms with Crippen molar-refractivity contribution in [1.29, 1.82) is 0 Å². The average Bonchev–Trinajstić information content (AvgIpc) is 3.39. The van der Waals surface area contributed by atoms with Gasteiger partial charge in [0.2, 0.25) is 5.91 Å². The lowest BCUT2D eigenvalue weighted by atomic mass is 9.95. The second-order valence-corrected chi connectivity index (χ2v) is 9.05. The summed E-state index contributed by atoms with van der Waals surface area (Å²) in [4.78, 5) is 44.9. The highest BCUT2D eigenvalue weighted by atomic mass is 32.1. The van der Waals surface area contributed by atoms with Gasteiger partial charge in [-0.05, 0) is 56.2 Å². The van der Waals surface area contributed by atoms with Gasteiger partial charge in [0.25, 0.3) is 11.8 Å². The molecule has 0 radical (unpaired) electrons. The number of aryl methyl sites for hydroxylation is 1. The number of amides is 3. The highest BCUT2D eigenvalue weighted by molar-refractivity contribution is 7.17. The molecule has 3 N–H and O–H groups in total. The lowest BCUT2D eigenvalue weighted by Gasteiger charge is -2.28. The minimum absolute atomic E-state index is 0.0376. The molecule has 0 unspecified atom stereocenters. The van der Waals surface area contributed by atoms with Gasteiger partial charge in [-0.15, -0.1) is 11.3 Å². The number of nitrogens with two attached hydrogens (primary N) is 1. The summed E-state index contributed by atoms with van der Waals surface area (Å²) in [6.07, 6.45) is 10.8. The molecule has 7 nitrogen and oxygen atoms in total. The molecule has 0 aromatic carbocycles. The van der Waals surface area contributed by atoms with Crippen LogP contribution >= 0.6 is 11.3 Å². The van der Waals surface area contributed by atoms with Crippen LogP contribution in [0, 0.1) is 0 Å². The number of nitrogens with zero attached hydrogens (tertiary/aromatic N) is 2. The summed E-state index contributed by atoms with van der Waals surface area (Å²) in [5, 5.41) is 3.39. The normalized spacial score (nSPS) is 16.1. The number of primary amides is 1. The van der Waals surface area contributed by atoms with Gasteiger partial charge in [-0.1, -0.05) is 12.8 Å². The van der Waals surface area contributed by atoms with E-state index in [0.29, 0.717) is 16.1 Å². The summed E-state index contributed by atoms with van der Waals surface area (Å²) >= 11 is 1.44. The number of carbonyl (C=O) groups is 3. The number of hydrogen-bond acceptors (Lipinski definition) is 5. The van der Waals surface area contributed by atoms with Crippen molar-refractivity contribution in [2.45, 2.75) is 57.4 Å². The zero-order valence-corrected chi connectivity index (χ0v) is 17.7. The predicted molar refractivity (Wildman–Crippen MR) is 116 cm³/mol. The SMILES string of the molecule is NC(=O)c1c(NC(=O)CN(C(=O)c2cccnc2)C2CCCC2)sc2c1CCCC2. The van der Waals surface area contributed by atoms with Crippen molar-refractivity contribution in [2.75, 3.05) is 11.9 Å². The minimum atomic E-state index is -0.510. The van der Waals surface area contributed by atoms with Crippen LogP contribution in [0.25, 0.3) is 0 Å². The number of anilines is 1. The van der Waals surface area contributed by atoms with Crippen molar-refractivity contribution in [3.8, 4) is 0 Å². The first-order chi connectivity index (χ1) is 14.5. The van der Waals surface area contributed by atoms with E-state index in [0.717, 1.165) is 61.8 Å². The first-order valence-electron chi connectivity index (χ1n) is 10.5. The zero-order chi connectivity index (χ0) is 21.1. The van der Waals surface area contributed by atoms with Crippen LogP contribution in [0.5, 0.6) is 0 Å². The molecular formula is C22H26N4O3S. The van der Waals surface area contributed by atoms with Gasteiger partial charge in [0, 0.05) is 23.3 Å². The third kappa shape index (κ3) is 4.23. The fourth-order valence-corrected chi connectivity index (χ4v) is 5.78. The molecule has 1 fully saturated rings. The van der Waals surface area contributed by atoms with Crippen molar-refractivity contribution in [2.24, 2.45) is 5.73 Å². The molecule has 1 saturated carbocycles. The van der Waals surface area contributed by atoms with Crippen LogP contribution in [0.4, 0.5) is 5.00 Å². The molecule has 0 saturated heterocycles. The molecule has 8 heteroatoms. The van der Waals surface area contributed by atoms with Crippen LogP contribution in [0.3, 0.4) is 0 Å². The summed E-state index contributed by atoms with van der Waals surface area (Å²) in [5.74, 6) is -1.00. The summed E-state index contributed by atoms with van der Waals surface area (Å²) in [6, 6.07) is 3.47. The lowest BCUT2D eigenvalue weighted by Crippen LogP contribution is -2.43. The van der Waals surface area contributed by atoms with Crippen molar-refractivity contribution < 1.29 is 14.4 Å². The Kier molecular flexibility index (Phi) is 6.13. The molecule has 3 amide bonds. The lowest BCUT2D eigenvalue weighted by molar-refractivity contribution is -0.117. The number of nitrogens with one attached hydrogen (secondary N) is 1. The van der Waals surface area contributed by atoms with Crippen molar-refractivity contribution in [3.63, 3.8) is 0 Å². The van der Waals surface area contributed by atoms with E-state index in [1.807, 2.05) is 0 Å². The van der Waals surface area contributed by atoms with Crippen LogP contribution in [-0.4, -0.2) is 40.2 Å². The largest absolute Gasteiger partial charge is 0.365 e. The van der Waals surface area contributed by atoms with Gasteiger partial charge in [0.15, 0.2) is 0 Å². The first kappa shape index (κ1) is 20.5. The second-order valence-electron chi connectivity index (χ2n) is 7.94. The summed E-state index contributed by atoms with van der Waals surface area (Å²) < 4.78 is 0. The van der Waals surface area contributed by atoms with E-state index >= 15 is 0 Å². The van der Waals surface area contributed by atoms with E-state index < -0.39 is 5.91 Å². The van der Waals surface area contributed by atoms with Crippen LogP contribution < -0.4 is 11.1 Å². The number of aromatic nitrogens is 1. The van der Waals surface area contributed by atoms with Gasteiger partial charge in [-0.3, -0.25) is 19.4 Å². The second kappa shape index (κ2) is 8.95. The predicted octanol–water partition coefficient (Wildman–Crippen LogP) is 3.14. The van der Waals surface area contributed by atoms with Gasteiger partial charge in [-0.2, -0.15) is 0 Å². The first-order valence-corrected chi connectivity index (χ1v) is 11.3. The molecule has 0 atom stereocenters. The van der Waals surface area contributed by atoms with Crippen LogP contribution in [0.2, 0.25) is 0 Å². The van der Waals surface area contributed by atoms with Gasteiger partial charge in [-0.25, -0.2) is 0 Å². The monoisotopic (exact) mass is 426 g/mol. The van der Waals surface area contributed by atoms with E-state index in [-0.39, 0.29) is 24.4 Å². The molecule has 2 aliphatic carbocycles. The summed E-state index contributed by atoms with van der Waals surface area (Å²) in [7, 11) is 0. The Hall–Kier alpha value is -2.74. The number of hydrogen-bond donors (Lipinski definition) is 2. The highest BCUT2D eigenvalue weighted by Gasteiger charge is 2.30. The molecule has 0 spiro atoms. The fourth-order valence-electron chi connectivity index (χ4n) is 4.47. The van der Waals surface area contributed by atoms with E-state index in [1.165, 1.54) is 17.5 Å². The molecule has 2 aromatic rings. The average molecular weight is 427 g/mol. The minimum Gasteiger partial charge on any atom is -0.365 e. The Balaban J connectivity index is 1.54. The number of pyridine rings is 1. The maximum Gasteiger partial charge on any atom is 0.256 e. The topological polar surface area (TPSA) is 105 Å². The molecule has 158 valence electrons. The third-order valence-electron chi connectivity index (χ3n) is 5.92. The molecule has 0 bridgehead atoms. The standard InChI is InChI=1S/C22H26N4O3S/c23-20(28)19-16-9-3-4-10-17(16)30-21(19)25-18(27)13-26(15-7-1-2-8-15)22(29)14-6-5-11-24-12-14/h5-6,11-12,15H,1-4,7-10,13H2,(H2,23,28)(H,25,27). The van der Waals surface area contributed by atoms with Gasteiger partial charge < -0.3 is 16.0 Å².